The van der Waals surface area contributed by atoms with Crippen molar-refractivity contribution in [2.24, 2.45) is 0 Å². The van der Waals surface area contributed by atoms with E-state index in [1.807, 2.05) is 6.07 Å². The lowest BCUT2D eigenvalue weighted by atomic mass is 9.95. The second-order valence-electron chi connectivity index (χ2n) is 6.37. The van der Waals surface area contributed by atoms with Gasteiger partial charge in [0.1, 0.15) is 5.82 Å². The molecule has 9 heteroatoms. The van der Waals surface area contributed by atoms with E-state index in [2.05, 4.69) is 31.5 Å². The number of carbonyl (C=O) groups is 2. The van der Waals surface area contributed by atoms with Gasteiger partial charge in [0.25, 0.3) is 0 Å². The Morgan fingerprint density at radius 1 is 1.33 bits per heavy atom. The van der Waals surface area contributed by atoms with Crippen LogP contribution in [0.5, 0.6) is 0 Å². The lowest BCUT2D eigenvalue weighted by molar-refractivity contribution is -0.117. The van der Waals surface area contributed by atoms with E-state index in [-0.39, 0.29) is 12.4 Å². The van der Waals surface area contributed by atoms with Crippen molar-refractivity contribution in [1.82, 2.24) is 20.1 Å². The Hall–Kier alpha value is -1.87. The van der Waals surface area contributed by atoms with Crippen LogP contribution in [0.1, 0.15) is 55.8 Å². The molecule has 2 amide bonds. The van der Waals surface area contributed by atoms with Crippen molar-refractivity contribution in [3.63, 3.8) is 0 Å². The number of nitrogens with zero attached hydrogens (tertiary/aromatic N) is 3. The van der Waals surface area contributed by atoms with E-state index in [0.29, 0.717) is 6.04 Å². The van der Waals surface area contributed by atoms with Crippen LogP contribution in [0.25, 0.3) is 0 Å². The highest BCUT2D eigenvalue weighted by molar-refractivity contribution is 7.99. The first-order valence-electron chi connectivity index (χ1n) is 9.23. The fourth-order valence-corrected chi connectivity index (χ4v) is 4.77. The van der Waals surface area contributed by atoms with Gasteiger partial charge in [-0.3, -0.25) is 10.1 Å². The van der Waals surface area contributed by atoms with Gasteiger partial charge in [-0.15, -0.1) is 21.5 Å². The number of carbonyl (C=O) groups excluding carboxylic acids is 2. The number of hydrogen-bond acceptors (Lipinski definition) is 7. The molecule has 0 atom stereocenters. The minimum absolute atomic E-state index is 0.0999. The zero-order valence-electron chi connectivity index (χ0n) is 15.3. The smallest absolute Gasteiger partial charge is 0.413 e. The Kier molecular flexibility index (Phi) is 7.28. The average molecular weight is 409 g/mol. The Balaban J connectivity index is 1.70. The number of thiophene rings is 1. The van der Waals surface area contributed by atoms with Crippen molar-refractivity contribution in [1.29, 1.82) is 0 Å². The Morgan fingerprint density at radius 2 is 2.15 bits per heavy atom. The van der Waals surface area contributed by atoms with Gasteiger partial charge >= 0.3 is 6.09 Å². The standard InChI is InChI=1S/C18H24N4O3S2/c1-2-25-18(24)19-16(23)12-27-17-21-20-15(11-14-9-6-10-26-14)22(17)13-7-4-3-5-8-13/h6,9-10,13H,2-5,7-8,11-12H2,1H3,(H,19,23,24). The van der Waals surface area contributed by atoms with Crippen molar-refractivity contribution >= 4 is 35.1 Å². The average Bonchev–Trinajstić information content (AvgIpc) is 3.31. The van der Waals surface area contributed by atoms with E-state index in [9.17, 15) is 9.59 Å². The summed E-state index contributed by atoms with van der Waals surface area (Å²) < 4.78 is 6.94. The third-order valence-electron chi connectivity index (χ3n) is 4.44. The van der Waals surface area contributed by atoms with E-state index in [4.69, 9.17) is 4.74 Å². The fourth-order valence-electron chi connectivity index (χ4n) is 3.25. The molecule has 0 unspecified atom stereocenters. The highest BCUT2D eigenvalue weighted by Gasteiger charge is 2.24. The Bertz CT molecular complexity index is 755. The predicted molar refractivity (Wildman–Crippen MR) is 105 cm³/mol. The van der Waals surface area contributed by atoms with Gasteiger partial charge in [0.2, 0.25) is 5.91 Å². The Labute approximate surface area is 166 Å². The molecule has 0 radical (unpaired) electrons. The van der Waals surface area contributed by atoms with E-state index in [0.717, 1.165) is 30.2 Å². The van der Waals surface area contributed by atoms with Crippen LogP contribution in [0, 0.1) is 0 Å². The highest BCUT2D eigenvalue weighted by atomic mass is 32.2. The van der Waals surface area contributed by atoms with E-state index in [1.165, 1.54) is 35.9 Å². The lowest BCUT2D eigenvalue weighted by Crippen LogP contribution is -2.32. The number of ether oxygens (including phenoxy) is 1. The molecule has 2 heterocycles. The van der Waals surface area contributed by atoms with Gasteiger partial charge in [0, 0.05) is 17.3 Å². The molecule has 1 fully saturated rings. The van der Waals surface area contributed by atoms with Gasteiger partial charge in [0.05, 0.1) is 12.4 Å². The number of alkyl carbamates (subject to hydrolysis) is 1. The summed E-state index contributed by atoms with van der Waals surface area (Å²) >= 11 is 3.02. The molecule has 1 saturated carbocycles. The summed E-state index contributed by atoms with van der Waals surface area (Å²) in [6.45, 7) is 1.93. The maximum Gasteiger partial charge on any atom is 0.413 e. The number of hydrogen-bond donors (Lipinski definition) is 1. The summed E-state index contributed by atoms with van der Waals surface area (Å²) in [6.07, 6.45) is 5.93. The summed E-state index contributed by atoms with van der Waals surface area (Å²) in [5, 5.41) is 13.8. The molecular weight excluding hydrogens is 384 g/mol. The molecule has 3 rings (SSSR count). The van der Waals surface area contributed by atoms with Crippen molar-refractivity contribution in [2.45, 2.75) is 56.6 Å². The normalized spacial score (nSPS) is 14.9. The number of rotatable bonds is 7. The summed E-state index contributed by atoms with van der Waals surface area (Å²) in [4.78, 5) is 24.6. The number of aromatic nitrogens is 3. The minimum atomic E-state index is -0.713. The third kappa shape index (κ3) is 5.55. The monoisotopic (exact) mass is 408 g/mol. The summed E-state index contributed by atoms with van der Waals surface area (Å²) in [7, 11) is 0. The molecule has 0 bridgehead atoms. The molecule has 7 nitrogen and oxygen atoms in total. The van der Waals surface area contributed by atoms with Crippen LogP contribution in [0.3, 0.4) is 0 Å². The highest BCUT2D eigenvalue weighted by Crippen LogP contribution is 2.33. The van der Waals surface area contributed by atoms with Gasteiger partial charge < -0.3 is 9.30 Å². The summed E-state index contributed by atoms with van der Waals surface area (Å²) in [5.41, 5.74) is 0. The first kappa shape index (κ1) is 19.9. The zero-order chi connectivity index (χ0) is 19.1. The van der Waals surface area contributed by atoms with Gasteiger partial charge in [-0.05, 0) is 31.2 Å². The first-order valence-corrected chi connectivity index (χ1v) is 11.1. The zero-order valence-corrected chi connectivity index (χ0v) is 17.0. The molecule has 1 aliphatic carbocycles. The van der Waals surface area contributed by atoms with E-state index >= 15 is 0 Å². The molecule has 0 aliphatic heterocycles. The van der Waals surface area contributed by atoms with Crippen LogP contribution >= 0.6 is 23.1 Å². The number of nitrogens with one attached hydrogen (secondary N) is 1. The van der Waals surface area contributed by atoms with Crippen LogP contribution in [-0.4, -0.2) is 39.1 Å². The Morgan fingerprint density at radius 3 is 2.85 bits per heavy atom. The van der Waals surface area contributed by atoms with Crippen molar-refractivity contribution in [3.8, 4) is 0 Å². The molecule has 1 N–H and O–H groups in total. The number of imide groups is 1. The quantitative estimate of drug-likeness (QED) is 0.701. The predicted octanol–water partition coefficient (Wildman–Crippen LogP) is 3.80. The van der Waals surface area contributed by atoms with Crippen LogP contribution < -0.4 is 5.32 Å². The molecule has 0 aromatic carbocycles. The van der Waals surface area contributed by atoms with Crippen molar-refractivity contribution in [2.75, 3.05) is 12.4 Å². The van der Waals surface area contributed by atoms with Crippen molar-refractivity contribution < 1.29 is 14.3 Å². The molecule has 0 saturated heterocycles. The topological polar surface area (TPSA) is 86.1 Å². The molecule has 1 aliphatic rings. The second kappa shape index (κ2) is 9.89. The molecule has 2 aromatic rings. The van der Waals surface area contributed by atoms with Gasteiger partial charge in [0.15, 0.2) is 5.16 Å². The second-order valence-corrected chi connectivity index (χ2v) is 8.35. The van der Waals surface area contributed by atoms with E-state index < -0.39 is 12.0 Å². The fraction of sp³-hybridized carbons (Fsp3) is 0.556. The molecule has 2 aromatic heterocycles. The van der Waals surface area contributed by atoms with Gasteiger partial charge in [-0.2, -0.15) is 0 Å². The molecule has 146 valence electrons. The maximum atomic E-state index is 12.0. The van der Waals surface area contributed by atoms with Crippen molar-refractivity contribution in [3.05, 3.63) is 28.2 Å². The largest absolute Gasteiger partial charge is 0.450 e. The van der Waals surface area contributed by atoms with Crippen LogP contribution in [0.2, 0.25) is 0 Å². The van der Waals surface area contributed by atoms with Crippen LogP contribution in [0.4, 0.5) is 4.79 Å². The summed E-state index contributed by atoms with van der Waals surface area (Å²) in [6, 6.07) is 4.51. The minimum Gasteiger partial charge on any atom is -0.450 e. The lowest BCUT2D eigenvalue weighted by Gasteiger charge is -2.25. The number of thioether (sulfide) groups is 1. The third-order valence-corrected chi connectivity index (χ3v) is 6.26. The molecule has 0 spiro atoms. The molecular formula is C18H24N4O3S2. The maximum absolute atomic E-state index is 12.0. The van der Waals surface area contributed by atoms with Gasteiger partial charge in [-0.1, -0.05) is 37.1 Å². The first-order chi connectivity index (χ1) is 13.2. The number of amides is 2. The van der Waals surface area contributed by atoms with Gasteiger partial charge in [-0.25, -0.2) is 4.79 Å². The summed E-state index contributed by atoms with van der Waals surface area (Å²) in [5.74, 6) is 0.650. The van der Waals surface area contributed by atoms with Crippen LogP contribution in [-0.2, 0) is 16.0 Å². The van der Waals surface area contributed by atoms with E-state index in [1.54, 1.807) is 18.3 Å². The SMILES string of the molecule is CCOC(=O)NC(=O)CSc1nnc(Cc2cccs2)n1C1CCCCC1. The van der Waals surface area contributed by atoms with Crippen LogP contribution in [0.15, 0.2) is 22.7 Å². The molecule has 27 heavy (non-hydrogen) atoms.